The number of aliphatic hydroxyl groups is 1. The molecule has 0 aliphatic rings. The summed E-state index contributed by atoms with van der Waals surface area (Å²) in [6.07, 6.45) is 1.16. The van der Waals surface area contributed by atoms with Crippen molar-refractivity contribution >= 4 is 15.4 Å². The molecule has 5 nitrogen and oxygen atoms in total. The van der Waals surface area contributed by atoms with Crippen molar-refractivity contribution in [1.82, 2.24) is 9.78 Å². The molecule has 0 atom stereocenters. The van der Waals surface area contributed by atoms with Crippen LogP contribution in [-0.2, 0) is 23.0 Å². The van der Waals surface area contributed by atoms with Crippen LogP contribution >= 0.6 is 0 Å². The highest BCUT2D eigenvalue weighted by Crippen LogP contribution is 2.29. The van der Waals surface area contributed by atoms with Gasteiger partial charge in [-0.25, -0.2) is 8.42 Å². The zero-order valence-electron chi connectivity index (χ0n) is 17.9. The first-order valence-corrected chi connectivity index (χ1v) is 11.8. The van der Waals surface area contributed by atoms with E-state index >= 15 is 0 Å². The Morgan fingerprint density at radius 3 is 2.20 bits per heavy atom. The number of hydrogen-bond donors (Lipinski definition) is 1. The number of sulfone groups is 1. The second kappa shape index (κ2) is 8.58. The van der Waals surface area contributed by atoms with Crippen molar-refractivity contribution in [1.29, 1.82) is 0 Å². The van der Waals surface area contributed by atoms with Crippen LogP contribution in [0, 0.1) is 5.92 Å². The van der Waals surface area contributed by atoms with Crippen LogP contribution in [0.1, 0.15) is 32.0 Å². The van der Waals surface area contributed by atoms with Crippen molar-refractivity contribution in [2.75, 3.05) is 6.26 Å². The van der Waals surface area contributed by atoms with Crippen molar-refractivity contribution in [3.05, 3.63) is 66.4 Å². The minimum absolute atomic E-state index is 0.160. The van der Waals surface area contributed by atoms with Gasteiger partial charge in [-0.3, -0.25) is 4.68 Å². The molecule has 0 bridgehead atoms. The smallest absolute Gasteiger partial charge is 0.175 e. The van der Waals surface area contributed by atoms with Gasteiger partial charge < -0.3 is 5.11 Å². The average molecular weight is 425 g/mol. The Hall–Kier alpha value is -2.70. The highest BCUT2D eigenvalue weighted by Gasteiger charge is 2.15. The Kier molecular flexibility index (Phi) is 6.29. The molecule has 1 heterocycles. The molecule has 0 radical (unpaired) electrons. The molecule has 0 saturated carbocycles. The van der Waals surface area contributed by atoms with Gasteiger partial charge in [0.2, 0.25) is 0 Å². The van der Waals surface area contributed by atoms with E-state index in [9.17, 15) is 13.5 Å². The molecule has 0 saturated heterocycles. The minimum atomic E-state index is -3.43. The van der Waals surface area contributed by atoms with Gasteiger partial charge in [0.1, 0.15) is 0 Å². The lowest BCUT2D eigenvalue weighted by Crippen LogP contribution is -2.07. The minimum Gasteiger partial charge on any atom is -0.392 e. The molecular formula is C24H28N2O3S. The number of rotatable bonds is 7. The van der Waals surface area contributed by atoms with Crippen molar-refractivity contribution in [2.45, 2.75) is 38.8 Å². The van der Waals surface area contributed by atoms with Gasteiger partial charge >= 0.3 is 0 Å². The molecule has 6 heteroatoms. The van der Waals surface area contributed by atoms with Crippen LogP contribution < -0.4 is 0 Å². The summed E-state index contributed by atoms with van der Waals surface area (Å²) >= 11 is 0. The summed E-state index contributed by atoms with van der Waals surface area (Å²) in [5, 5.41) is 14.1. The van der Waals surface area contributed by atoms with Crippen LogP contribution in [0.3, 0.4) is 0 Å². The lowest BCUT2D eigenvalue weighted by molar-refractivity contribution is 0.278. The van der Waals surface area contributed by atoms with Gasteiger partial charge in [0.25, 0.3) is 0 Å². The molecular weight excluding hydrogens is 396 g/mol. The predicted molar refractivity (Wildman–Crippen MR) is 122 cm³/mol. The maximum atomic E-state index is 12.1. The first-order chi connectivity index (χ1) is 14.1. The molecule has 0 unspecified atom stereocenters. The third-order valence-corrected chi connectivity index (χ3v) is 6.09. The van der Waals surface area contributed by atoms with E-state index in [2.05, 4.69) is 26.5 Å². The second-order valence-electron chi connectivity index (χ2n) is 8.10. The van der Waals surface area contributed by atoms with E-state index in [1.165, 1.54) is 0 Å². The number of aromatic nitrogens is 2. The molecule has 1 N–H and O–H groups in total. The zero-order chi connectivity index (χ0) is 22.1. The molecule has 2 aromatic carbocycles. The molecule has 3 aromatic rings. The monoisotopic (exact) mass is 424 g/mol. The van der Waals surface area contributed by atoms with Gasteiger partial charge in [-0.2, -0.15) is 5.10 Å². The SMILES string of the molecule is C=C(C)c1cc(-c2ccc(-c3ccc(CO)c(S(C)(=O)=O)c3)cc2)n(CC(C)C)n1. The van der Waals surface area contributed by atoms with E-state index in [1.54, 1.807) is 12.1 Å². The van der Waals surface area contributed by atoms with E-state index in [0.717, 1.165) is 46.5 Å². The average Bonchev–Trinajstić information content (AvgIpc) is 3.10. The van der Waals surface area contributed by atoms with Crippen molar-refractivity contribution in [2.24, 2.45) is 5.92 Å². The number of hydrogen-bond acceptors (Lipinski definition) is 4. The highest BCUT2D eigenvalue weighted by atomic mass is 32.2. The quantitative estimate of drug-likeness (QED) is 0.591. The number of allylic oxidation sites excluding steroid dienone is 1. The molecule has 0 fully saturated rings. The first kappa shape index (κ1) is 22.0. The van der Waals surface area contributed by atoms with Crippen LogP contribution in [0.2, 0.25) is 0 Å². The number of aliphatic hydroxyl groups excluding tert-OH is 1. The fourth-order valence-electron chi connectivity index (χ4n) is 3.39. The molecule has 0 aliphatic carbocycles. The number of nitrogens with zero attached hydrogens (tertiary/aromatic N) is 2. The van der Waals surface area contributed by atoms with Crippen molar-refractivity contribution < 1.29 is 13.5 Å². The molecule has 0 amide bonds. The molecule has 30 heavy (non-hydrogen) atoms. The zero-order valence-corrected chi connectivity index (χ0v) is 18.7. The third-order valence-electron chi connectivity index (χ3n) is 4.91. The fourth-order valence-corrected chi connectivity index (χ4v) is 4.34. The van der Waals surface area contributed by atoms with Crippen molar-refractivity contribution in [3.63, 3.8) is 0 Å². The largest absolute Gasteiger partial charge is 0.392 e. The second-order valence-corrected chi connectivity index (χ2v) is 10.1. The van der Waals surface area contributed by atoms with Crippen LogP contribution in [-0.4, -0.2) is 29.6 Å². The Balaban J connectivity index is 2.01. The predicted octanol–water partition coefficient (Wildman–Crippen LogP) is 4.80. The maximum absolute atomic E-state index is 12.1. The van der Waals surface area contributed by atoms with E-state index in [0.29, 0.717) is 11.5 Å². The summed E-state index contributed by atoms with van der Waals surface area (Å²) in [5.41, 5.74) is 5.97. The van der Waals surface area contributed by atoms with E-state index in [1.807, 2.05) is 41.9 Å². The first-order valence-electron chi connectivity index (χ1n) is 9.88. The summed E-state index contributed by atoms with van der Waals surface area (Å²) in [4.78, 5) is 0.160. The summed E-state index contributed by atoms with van der Waals surface area (Å²) in [7, 11) is -3.43. The lowest BCUT2D eigenvalue weighted by Gasteiger charge is -2.12. The van der Waals surface area contributed by atoms with E-state index in [4.69, 9.17) is 5.10 Å². The molecule has 0 aliphatic heterocycles. The van der Waals surface area contributed by atoms with Gasteiger partial charge in [-0.1, -0.05) is 56.8 Å². The Bertz CT molecular complexity index is 1170. The van der Waals surface area contributed by atoms with Gasteiger partial charge in [0.15, 0.2) is 9.84 Å². The lowest BCUT2D eigenvalue weighted by atomic mass is 10.0. The van der Waals surface area contributed by atoms with Gasteiger partial charge in [0.05, 0.1) is 22.9 Å². The van der Waals surface area contributed by atoms with Gasteiger partial charge in [-0.15, -0.1) is 0 Å². The van der Waals surface area contributed by atoms with Gasteiger partial charge in [-0.05, 0) is 52.8 Å². The Labute approximate surface area is 178 Å². The molecule has 3 rings (SSSR count). The molecule has 1 aromatic heterocycles. The molecule has 158 valence electrons. The fraction of sp³-hybridized carbons (Fsp3) is 0.292. The van der Waals surface area contributed by atoms with Crippen LogP contribution in [0.25, 0.3) is 28.0 Å². The Morgan fingerprint density at radius 1 is 1.07 bits per heavy atom. The van der Waals surface area contributed by atoms with Crippen LogP contribution in [0.15, 0.2) is 60.0 Å². The molecule has 0 spiro atoms. The van der Waals surface area contributed by atoms with Crippen LogP contribution in [0.4, 0.5) is 0 Å². The highest BCUT2D eigenvalue weighted by molar-refractivity contribution is 7.90. The van der Waals surface area contributed by atoms with Crippen molar-refractivity contribution in [3.8, 4) is 22.4 Å². The summed E-state index contributed by atoms with van der Waals surface area (Å²) in [6.45, 7) is 10.8. The third kappa shape index (κ3) is 4.71. The summed E-state index contributed by atoms with van der Waals surface area (Å²) in [6, 6.07) is 15.2. The van der Waals surface area contributed by atoms with E-state index < -0.39 is 9.84 Å². The number of benzene rings is 2. The standard InChI is InChI=1S/C24H28N2O3S/c1-16(2)14-26-23(13-22(25-26)17(3)4)19-8-6-18(7-9-19)20-10-11-21(15-27)24(12-20)30(5,28)29/h6-13,16,27H,3,14-15H2,1-2,4-5H3. The van der Waals surface area contributed by atoms with E-state index in [-0.39, 0.29) is 11.5 Å². The van der Waals surface area contributed by atoms with Gasteiger partial charge in [0, 0.05) is 12.8 Å². The van der Waals surface area contributed by atoms with Crippen LogP contribution in [0.5, 0.6) is 0 Å². The normalized spacial score (nSPS) is 11.8. The summed E-state index contributed by atoms with van der Waals surface area (Å²) in [5.74, 6) is 0.459. The Morgan fingerprint density at radius 2 is 1.67 bits per heavy atom. The summed E-state index contributed by atoms with van der Waals surface area (Å²) < 4.78 is 26.2. The topological polar surface area (TPSA) is 72.2 Å². The maximum Gasteiger partial charge on any atom is 0.175 e.